The van der Waals surface area contributed by atoms with E-state index >= 15 is 0 Å². The topological polar surface area (TPSA) is 71.8 Å². The standard InChI is InChI=1S/C17H17N3O2S/c1-10-6-4-5-7-13(10)16-19-14(12(3)22-16)9-23-17-18-11(2)8-15(21)20-17/h4-8H,9H2,1-3H3,(H,18,20,21). The molecule has 3 rings (SSSR count). The maximum Gasteiger partial charge on any atom is 0.251 e. The Morgan fingerprint density at radius 2 is 1.96 bits per heavy atom. The van der Waals surface area contributed by atoms with E-state index in [1.165, 1.54) is 17.8 Å². The Balaban J connectivity index is 1.82. The lowest BCUT2D eigenvalue weighted by Gasteiger charge is -2.00. The molecule has 0 aliphatic carbocycles. The maximum absolute atomic E-state index is 11.5. The molecular weight excluding hydrogens is 310 g/mol. The Hall–Kier alpha value is -2.34. The molecule has 0 saturated carbocycles. The van der Waals surface area contributed by atoms with Gasteiger partial charge in [0.2, 0.25) is 5.89 Å². The quantitative estimate of drug-likeness (QED) is 0.585. The van der Waals surface area contributed by atoms with Gasteiger partial charge < -0.3 is 9.40 Å². The van der Waals surface area contributed by atoms with Crippen molar-refractivity contribution in [3.8, 4) is 11.5 Å². The van der Waals surface area contributed by atoms with Crippen molar-refractivity contribution in [2.45, 2.75) is 31.7 Å². The van der Waals surface area contributed by atoms with Crippen LogP contribution < -0.4 is 5.56 Å². The van der Waals surface area contributed by atoms with E-state index in [1.54, 1.807) is 6.92 Å². The number of aryl methyl sites for hydroxylation is 3. The van der Waals surface area contributed by atoms with Crippen LogP contribution in [-0.2, 0) is 5.75 Å². The van der Waals surface area contributed by atoms with Crippen LogP contribution in [0, 0.1) is 20.8 Å². The minimum atomic E-state index is -0.141. The van der Waals surface area contributed by atoms with Crippen LogP contribution in [0.4, 0.5) is 0 Å². The Labute approximate surface area is 138 Å². The molecule has 118 valence electrons. The summed E-state index contributed by atoms with van der Waals surface area (Å²) in [5.41, 5.74) is 3.54. The maximum atomic E-state index is 11.5. The number of nitrogens with zero attached hydrogens (tertiary/aromatic N) is 2. The number of nitrogens with one attached hydrogen (secondary N) is 1. The molecule has 0 unspecified atom stereocenters. The lowest BCUT2D eigenvalue weighted by molar-refractivity contribution is 0.540. The first-order valence-electron chi connectivity index (χ1n) is 7.26. The third-order valence-electron chi connectivity index (χ3n) is 3.46. The number of hydrogen-bond acceptors (Lipinski definition) is 5. The van der Waals surface area contributed by atoms with Crippen molar-refractivity contribution < 1.29 is 4.42 Å². The highest BCUT2D eigenvalue weighted by molar-refractivity contribution is 7.98. The van der Waals surface area contributed by atoms with Crippen LogP contribution >= 0.6 is 11.8 Å². The lowest BCUT2D eigenvalue weighted by atomic mass is 10.1. The zero-order valence-electron chi connectivity index (χ0n) is 13.2. The van der Waals surface area contributed by atoms with Gasteiger partial charge in [-0.1, -0.05) is 30.0 Å². The molecule has 2 heterocycles. The van der Waals surface area contributed by atoms with Crippen LogP contribution in [0.2, 0.25) is 0 Å². The molecular formula is C17H17N3O2S. The van der Waals surface area contributed by atoms with E-state index in [-0.39, 0.29) is 5.56 Å². The third kappa shape index (κ3) is 3.53. The molecule has 0 spiro atoms. The first kappa shape index (κ1) is 15.6. The number of aromatic nitrogens is 3. The summed E-state index contributed by atoms with van der Waals surface area (Å²) in [6, 6.07) is 9.46. The summed E-state index contributed by atoms with van der Waals surface area (Å²) >= 11 is 1.44. The zero-order chi connectivity index (χ0) is 16.4. The first-order valence-corrected chi connectivity index (χ1v) is 8.24. The Bertz CT molecular complexity index is 899. The lowest BCUT2D eigenvalue weighted by Crippen LogP contribution is -2.08. The summed E-state index contributed by atoms with van der Waals surface area (Å²) in [7, 11) is 0. The molecule has 0 bridgehead atoms. The molecule has 0 amide bonds. The van der Waals surface area contributed by atoms with Gasteiger partial charge in [0, 0.05) is 23.1 Å². The van der Waals surface area contributed by atoms with Gasteiger partial charge in [-0.05, 0) is 32.4 Å². The van der Waals surface area contributed by atoms with E-state index in [2.05, 4.69) is 15.0 Å². The normalized spacial score (nSPS) is 10.9. The molecule has 0 fully saturated rings. The van der Waals surface area contributed by atoms with E-state index in [0.29, 0.717) is 22.5 Å². The second-order valence-corrected chi connectivity index (χ2v) is 6.28. The van der Waals surface area contributed by atoms with Gasteiger partial charge in [0.1, 0.15) is 5.76 Å². The number of aromatic amines is 1. The van der Waals surface area contributed by atoms with E-state index in [1.807, 2.05) is 38.1 Å². The molecule has 23 heavy (non-hydrogen) atoms. The average Bonchev–Trinajstić information content (AvgIpc) is 2.85. The second-order valence-electron chi connectivity index (χ2n) is 5.32. The van der Waals surface area contributed by atoms with Crippen LogP contribution in [0.15, 0.2) is 44.7 Å². The first-order chi connectivity index (χ1) is 11.0. The van der Waals surface area contributed by atoms with Gasteiger partial charge in [-0.2, -0.15) is 0 Å². The van der Waals surface area contributed by atoms with Crippen molar-refractivity contribution in [3.63, 3.8) is 0 Å². The van der Waals surface area contributed by atoms with Crippen molar-refractivity contribution in [3.05, 3.63) is 63.4 Å². The van der Waals surface area contributed by atoms with Crippen LogP contribution in [-0.4, -0.2) is 15.0 Å². The van der Waals surface area contributed by atoms with Crippen molar-refractivity contribution >= 4 is 11.8 Å². The molecule has 6 heteroatoms. The summed E-state index contributed by atoms with van der Waals surface area (Å²) < 4.78 is 5.80. The van der Waals surface area contributed by atoms with Crippen LogP contribution in [0.1, 0.15) is 22.7 Å². The molecule has 2 aromatic heterocycles. The number of H-pyrrole nitrogens is 1. The van der Waals surface area contributed by atoms with Gasteiger partial charge in [0.25, 0.3) is 5.56 Å². The molecule has 0 radical (unpaired) electrons. The minimum Gasteiger partial charge on any atom is -0.441 e. The second kappa shape index (κ2) is 6.42. The SMILES string of the molecule is Cc1cc(=O)[nH]c(SCc2nc(-c3ccccc3C)oc2C)n1. The van der Waals surface area contributed by atoms with E-state index in [4.69, 9.17) is 4.42 Å². The highest BCUT2D eigenvalue weighted by atomic mass is 32.2. The minimum absolute atomic E-state index is 0.141. The summed E-state index contributed by atoms with van der Waals surface area (Å²) in [4.78, 5) is 23.1. The summed E-state index contributed by atoms with van der Waals surface area (Å²) in [6.45, 7) is 5.73. The number of benzene rings is 1. The average molecular weight is 327 g/mol. The summed E-state index contributed by atoms with van der Waals surface area (Å²) in [5.74, 6) is 2.00. The molecule has 1 aromatic carbocycles. The van der Waals surface area contributed by atoms with Crippen molar-refractivity contribution in [2.24, 2.45) is 0 Å². The van der Waals surface area contributed by atoms with Gasteiger partial charge in [0.15, 0.2) is 5.16 Å². The van der Waals surface area contributed by atoms with Crippen molar-refractivity contribution in [1.29, 1.82) is 0 Å². The van der Waals surface area contributed by atoms with Crippen molar-refractivity contribution in [1.82, 2.24) is 15.0 Å². The van der Waals surface area contributed by atoms with E-state index in [9.17, 15) is 4.79 Å². The van der Waals surface area contributed by atoms with Crippen LogP contribution in [0.3, 0.4) is 0 Å². The van der Waals surface area contributed by atoms with E-state index < -0.39 is 0 Å². The Kier molecular flexibility index (Phi) is 4.34. The predicted octanol–water partition coefficient (Wildman–Crippen LogP) is 3.64. The summed E-state index contributed by atoms with van der Waals surface area (Å²) in [5, 5.41) is 0.592. The molecule has 0 aliphatic rings. The molecule has 0 saturated heterocycles. The Morgan fingerprint density at radius 1 is 1.17 bits per heavy atom. The van der Waals surface area contributed by atoms with Gasteiger partial charge in [0.05, 0.1) is 5.69 Å². The van der Waals surface area contributed by atoms with Gasteiger partial charge in [-0.25, -0.2) is 9.97 Å². The van der Waals surface area contributed by atoms with Gasteiger partial charge >= 0.3 is 0 Å². The fourth-order valence-electron chi connectivity index (χ4n) is 2.25. The molecule has 5 nitrogen and oxygen atoms in total. The smallest absolute Gasteiger partial charge is 0.251 e. The van der Waals surface area contributed by atoms with Crippen molar-refractivity contribution in [2.75, 3.05) is 0 Å². The number of oxazole rings is 1. The largest absolute Gasteiger partial charge is 0.441 e. The monoisotopic (exact) mass is 327 g/mol. The molecule has 0 atom stereocenters. The zero-order valence-corrected chi connectivity index (χ0v) is 14.0. The fourth-order valence-corrected chi connectivity index (χ4v) is 3.17. The van der Waals surface area contributed by atoms with Crippen LogP contribution in [0.5, 0.6) is 0 Å². The number of hydrogen-bond donors (Lipinski definition) is 1. The summed E-state index contributed by atoms with van der Waals surface area (Å²) in [6.07, 6.45) is 0. The van der Waals surface area contributed by atoms with Crippen LogP contribution in [0.25, 0.3) is 11.5 Å². The molecule has 1 N–H and O–H groups in total. The number of thioether (sulfide) groups is 1. The Morgan fingerprint density at radius 3 is 2.70 bits per heavy atom. The van der Waals surface area contributed by atoms with Gasteiger partial charge in [-0.3, -0.25) is 4.79 Å². The number of rotatable bonds is 4. The molecule has 0 aliphatic heterocycles. The highest BCUT2D eigenvalue weighted by Crippen LogP contribution is 2.27. The third-order valence-corrected chi connectivity index (χ3v) is 4.35. The fraction of sp³-hybridized carbons (Fsp3) is 0.235. The highest BCUT2D eigenvalue weighted by Gasteiger charge is 2.13. The van der Waals surface area contributed by atoms with Gasteiger partial charge in [-0.15, -0.1) is 0 Å². The molecule has 3 aromatic rings. The predicted molar refractivity (Wildman–Crippen MR) is 90.6 cm³/mol. The van der Waals surface area contributed by atoms with E-state index in [0.717, 1.165) is 22.6 Å².